The van der Waals surface area contributed by atoms with Crippen LogP contribution in [0.1, 0.15) is 34.5 Å². The molecule has 1 aromatic rings. The first-order chi connectivity index (χ1) is 10.5. The zero-order chi connectivity index (χ0) is 15.7. The smallest absolute Gasteiger partial charge is 0.250 e. The average Bonchev–Trinajstić information content (AvgIpc) is 2.54. The van der Waals surface area contributed by atoms with Gasteiger partial charge in [-0.25, -0.2) is 0 Å². The molecule has 0 saturated carbocycles. The molecule has 0 spiro atoms. The Morgan fingerprint density at radius 1 is 1.27 bits per heavy atom. The van der Waals surface area contributed by atoms with Crippen molar-refractivity contribution in [3.05, 3.63) is 29.1 Å². The predicted octanol–water partition coefficient (Wildman–Crippen LogP) is -0.194. The van der Waals surface area contributed by atoms with Crippen LogP contribution in [0.2, 0.25) is 0 Å². The number of carbonyl (C=O) groups is 2. The van der Waals surface area contributed by atoms with E-state index in [1.165, 1.54) is 6.20 Å². The maximum Gasteiger partial charge on any atom is 0.250 e. The molecule has 7 heteroatoms. The fourth-order valence-electron chi connectivity index (χ4n) is 3.20. The van der Waals surface area contributed by atoms with Crippen molar-refractivity contribution in [1.29, 1.82) is 0 Å². The Balaban J connectivity index is 2.00. The number of amides is 2. The summed E-state index contributed by atoms with van der Waals surface area (Å²) in [5.74, 6) is -0.972. The number of primary amides is 2. The molecule has 3 rings (SSSR count). The van der Waals surface area contributed by atoms with E-state index in [0.717, 1.165) is 18.4 Å². The van der Waals surface area contributed by atoms with Gasteiger partial charge in [0, 0.05) is 32.0 Å². The minimum atomic E-state index is -0.991. The SMILES string of the molecule is NC(=O)c1cnc2c(c1)CC(C(N)=O)(C1CCOCC1)N=C2. The van der Waals surface area contributed by atoms with E-state index in [-0.39, 0.29) is 5.92 Å². The summed E-state index contributed by atoms with van der Waals surface area (Å²) in [6.45, 7) is 1.20. The van der Waals surface area contributed by atoms with E-state index in [0.29, 0.717) is 30.9 Å². The quantitative estimate of drug-likeness (QED) is 0.803. The summed E-state index contributed by atoms with van der Waals surface area (Å²) < 4.78 is 5.36. The first-order valence-electron chi connectivity index (χ1n) is 7.24. The number of nitrogens with two attached hydrogens (primary N) is 2. The van der Waals surface area contributed by atoms with Crippen LogP contribution in [0.3, 0.4) is 0 Å². The molecule has 2 amide bonds. The number of ether oxygens (including phenoxy) is 1. The molecule has 22 heavy (non-hydrogen) atoms. The van der Waals surface area contributed by atoms with Crippen LogP contribution in [-0.4, -0.2) is 41.8 Å². The second kappa shape index (κ2) is 5.49. The largest absolute Gasteiger partial charge is 0.381 e. The lowest BCUT2D eigenvalue weighted by molar-refractivity contribution is -0.126. The highest BCUT2D eigenvalue weighted by Crippen LogP contribution is 2.36. The molecule has 1 fully saturated rings. The van der Waals surface area contributed by atoms with Crippen LogP contribution in [0.4, 0.5) is 0 Å². The van der Waals surface area contributed by atoms with E-state index in [9.17, 15) is 9.59 Å². The number of fused-ring (bicyclic) bond motifs is 1. The summed E-state index contributed by atoms with van der Waals surface area (Å²) in [6.07, 6.45) is 4.80. The van der Waals surface area contributed by atoms with Gasteiger partial charge in [0.1, 0.15) is 5.54 Å². The van der Waals surface area contributed by atoms with E-state index in [2.05, 4.69) is 9.98 Å². The van der Waals surface area contributed by atoms with Crippen LogP contribution in [0.15, 0.2) is 17.3 Å². The Kier molecular flexibility index (Phi) is 3.66. The van der Waals surface area contributed by atoms with Gasteiger partial charge in [-0.1, -0.05) is 0 Å². The molecular formula is C15H18N4O3. The second-order valence-electron chi connectivity index (χ2n) is 5.74. The molecule has 1 aromatic heterocycles. The van der Waals surface area contributed by atoms with Gasteiger partial charge in [0.2, 0.25) is 11.8 Å². The topological polar surface area (TPSA) is 121 Å². The lowest BCUT2D eigenvalue weighted by Gasteiger charge is -2.39. The van der Waals surface area contributed by atoms with E-state index in [4.69, 9.17) is 16.2 Å². The van der Waals surface area contributed by atoms with Gasteiger partial charge in [0.15, 0.2) is 0 Å². The Morgan fingerprint density at radius 2 is 2.00 bits per heavy atom. The number of hydrogen-bond acceptors (Lipinski definition) is 5. The Hall–Kier alpha value is -2.28. The van der Waals surface area contributed by atoms with Crippen LogP contribution in [0.25, 0.3) is 0 Å². The molecule has 0 radical (unpaired) electrons. The van der Waals surface area contributed by atoms with Crippen LogP contribution in [-0.2, 0) is 16.0 Å². The number of hydrogen-bond donors (Lipinski definition) is 2. The van der Waals surface area contributed by atoms with E-state index < -0.39 is 17.4 Å². The van der Waals surface area contributed by atoms with Gasteiger partial charge >= 0.3 is 0 Å². The minimum absolute atomic E-state index is 0.0281. The summed E-state index contributed by atoms with van der Waals surface area (Å²) in [4.78, 5) is 32.1. The lowest BCUT2D eigenvalue weighted by atomic mass is 9.73. The van der Waals surface area contributed by atoms with Crippen molar-refractivity contribution in [1.82, 2.24) is 4.98 Å². The molecule has 1 unspecified atom stereocenters. The highest BCUT2D eigenvalue weighted by atomic mass is 16.5. The van der Waals surface area contributed by atoms with Crippen molar-refractivity contribution in [3.63, 3.8) is 0 Å². The summed E-state index contributed by atoms with van der Waals surface area (Å²) in [6, 6.07) is 1.67. The van der Waals surface area contributed by atoms with Crippen molar-refractivity contribution in [2.75, 3.05) is 13.2 Å². The first-order valence-corrected chi connectivity index (χ1v) is 7.24. The van der Waals surface area contributed by atoms with Gasteiger partial charge in [0.25, 0.3) is 0 Å². The minimum Gasteiger partial charge on any atom is -0.381 e. The fraction of sp³-hybridized carbons (Fsp3) is 0.467. The van der Waals surface area contributed by atoms with Gasteiger partial charge < -0.3 is 16.2 Å². The van der Waals surface area contributed by atoms with Gasteiger partial charge in [0.05, 0.1) is 11.3 Å². The Morgan fingerprint density at radius 3 is 2.64 bits per heavy atom. The van der Waals surface area contributed by atoms with E-state index >= 15 is 0 Å². The molecule has 7 nitrogen and oxygen atoms in total. The molecule has 0 aliphatic carbocycles. The van der Waals surface area contributed by atoms with Gasteiger partial charge in [-0.2, -0.15) is 0 Å². The third-order valence-corrected chi connectivity index (χ3v) is 4.49. The first kappa shape index (κ1) is 14.6. The van der Waals surface area contributed by atoms with E-state index in [1.807, 2.05) is 0 Å². The van der Waals surface area contributed by atoms with Gasteiger partial charge in [-0.05, 0) is 30.4 Å². The van der Waals surface area contributed by atoms with Crippen molar-refractivity contribution in [2.45, 2.75) is 24.8 Å². The maximum atomic E-state index is 12.2. The standard InChI is InChI=1S/C15H18N4O3/c16-13(20)10-5-9-6-15(14(17)21,11-1-3-22-4-2-11)19-8-12(9)18-7-10/h5,7-8,11H,1-4,6H2,(H2,16,20)(H2,17,21). The zero-order valence-electron chi connectivity index (χ0n) is 12.1. The number of aromatic nitrogens is 1. The Labute approximate surface area is 127 Å². The molecule has 2 aliphatic rings. The van der Waals surface area contributed by atoms with Crippen LogP contribution in [0.5, 0.6) is 0 Å². The van der Waals surface area contributed by atoms with Crippen molar-refractivity contribution in [2.24, 2.45) is 22.4 Å². The molecule has 1 saturated heterocycles. The lowest BCUT2D eigenvalue weighted by Crippen LogP contribution is -2.53. The van der Waals surface area contributed by atoms with Crippen LogP contribution in [0, 0.1) is 5.92 Å². The fourth-order valence-corrected chi connectivity index (χ4v) is 3.20. The number of aliphatic imine (C=N–C) groups is 1. The summed E-state index contributed by atoms with van der Waals surface area (Å²) >= 11 is 0. The molecule has 0 aromatic carbocycles. The predicted molar refractivity (Wildman–Crippen MR) is 79.5 cm³/mol. The molecule has 3 heterocycles. The monoisotopic (exact) mass is 302 g/mol. The maximum absolute atomic E-state index is 12.2. The third-order valence-electron chi connectivity index (χ3n) is 4.49. The van der Waals surface area contributed by atoms with Crippen molar-refractivity contribution >= 4 is 18.0 Å². The molecule has 2 aliphatic heterocycles. The second-order valence-corrected chi connectivity index (χ2v) is 5.74. The molecule has 4 N–H and O–H groups in total. The van der Waals surface area contributed by atoms with E-state index in [1.54, 1.807) is 12.3 Å². The molecule has 0 bridgehead atoms. The molecule has 1 atom stereocenters. The van der Waals surface area contributed by atoms with Gasteiger partial charge in [-0.15, -0.1) is 0 Å². The number of pyridine rings is 1. The highest BCUT2D eigenvalue weighted by Gasteiger charge is 2.46. The third kappa shape index (κ3) is 2.37. The molecular weight excluding hydrogens is 284 g/mol. The number of rotatable bonds is 3. The zero-order valence-corrected chi connectivity index (χ0v) is 12.1. The summed E-state index contributed by atoms with van der Waals surface area (Å²) in [7, 11) is 0. The summed E-state index contributed by atoms with van der Waals surface area (Å²) in [5.41, 5.74) is 11.7. The number of carbonyl (C=O) groups excluding carboxylic acids is 2. The summed E-state index contributed by atoms with van der Waals surface area (Å²) in [5, 5.41) is 0. The van der Waals surface area contributed by atoms with Crippen molar-refractivity contribution in [3.8, 4) is 0 Å². The Bertz CT molecular complexity index is 652. The normalized spacial score (nSPS) is 24.7. The van der Waals surface area contributed by atoms with Crippen LogP contribution >= 0.6 is 0 Å². The van der Waals surface area contributed by atoms with Crippen LogP contribution < -0.4 is 11.5 Å². The molecule has 116 valence electrons. The van der Waals surface area contributed by atoms with Crippen molar-refractivity contribution < 1.29 is 14.3 Å². The number of nitrogens with zero attached hydrogens (tertiary/aromatic N) is 2. The van der Waals surface area contributed by atoms with Gasteiger partial charge in [-0.3, -0.25) is 19.6 Å². The average molecular weight is 302 g/mol. The highest BCUT2D eigenvalue weighted by molar-refractivity contribution is 5.95.